The molecule has 1 aromatic carbocycles. The number of hydrogen-bond donors (Lipinski definition) is 0. The Morgan fingerprint density at radius 3 is 2.50 bits per heavy atom. The van der Waals surface area contributed by atoms with Crippen molar-refractivity contribution in [1.82, 2.24) is 4.98 Å². The Balaban J connectivity index is 2.24. The molecule has 0 spiro atoms. The summed E-state index contributed by atoms with van der Waals surface area (Å²) in [5, 5.41) is 0. The molecule has 0 amide bonds. The van der Waals surface area contributed by atoms with Crippen LogP contribution in [0, 0.1) is 0 Å². The number of benzene rings is 1. The molecular formula is C14H13NO. The van der Waals surface area contributed by atoms with Gasteiger partial charge in [-0.3, -0.25) is 9.78 Å². The fraction of sp³-hybridized carbons (Fsp3) is 0.143. The molecule has 2 heteroatoms. The normalized spacial score (nSPS) is 12.1. The third-order valence-electron chi connectivity index (χ3n) is 2.64. The second-order valence-corrected chi connectivity index (χ2v) is 3.74. The highest BCUT2D eigenvalue weighted by molar-refractivity contribution is 6.00. The predicted molar refractivity (Wildman–Crippen MR) is 63.4 cm³/mol. The molecule has 0 saturated heterocycles. The number of carbonyl (C=O) groups excluding carboxylic acids is 1. The van der Waals surface area contributed by atoms with Crippen molar-refractivity contribution < 1.29 is 4.79 Å². The van der Waals surface area contributed by atoms with Gasteiger partial charge in [0.2, 0.25) is 0 Å². The first kappa shape index (κ1) is 10.6. The summed E-state index contributed by atoms with van der Waals surface area (Å²) in [5.74, 6) is -0.00954. The molecule has 16 heavy (non-hydrogen) atoms. The Morgan fingerprint density at radius 2 is 1.88 bits per heavy atom. The number of ketones is 1. The Hall–Kier alpha value is -1.96. The molecule has 0 aliphatic carbocycles. The van der Waals surface area contributed by atoms with E-state index in [-0.39, 0.29) is 11.7 Å². The van der Waals surface area contributed by atoms with E-state index in [1.54, 1.807) is 24.5 Å². The fourth-order valence-corrected chi connectivity index (χ4v) is 1.65. The molecule has 0 unspecified atom stereocenters. The maximum absolute atomic E-state index is 12.1. The van der Waals surface area contributed by atoms with Crippen molar-refractivity contribution in [1.29, 1.82) is 0 Å². The van der Waals surface area contributed by atoms with Gasteiger partial charge in [0.1, 0.15) is 0 Å². The van der Waals surface area contributed by atoms with E-state index < -0.39 is 0 Å². The molecule has 0 aliphatic heterocycles. The van der Waals surface area contributed by atoms with Gasteiger partial charge in [-0.1, -0.05) is 37.3 Å². The molecule has 0 saturated carbocycles. The highest BCUT2D eigenvalue weighted by Gasteiger charge is 2.16. The summed E-state index contributed by atoms with van der Waals surface area (Å²) in [6.45, 7) is 1.92. The molecule has 0 bridgehead atoms. The summed E-state index contributed by atoms with van der Waals surface area (Å²) in [7, 11) is 0. The average Bonchev–Trinajstić information content (AvgIpc) is 2.39. The number of nitrogens with zero attached hydrogens (tertiary/aromatic N) is 1. The highest BCUT2D eigenvalue weighted by atomic mass is 16.1. The van der Waals surface area contributed by atoms with E-state index in [2.05, 4.69) is 4.98 Å². The van der Waals surface area contributed by atoms with Gasteiger partial charge in [0.05, 0.1) is 0 Å². The summed E-state index contributed by atoms with van der Waals surface area (Å²) in [6, 6.07) is 13.4. The smallest absolute Gasteiger partial charge is 0.171 e. The molecule has 2 aromatic rings. The van der Waals surface area contributed by atoms with Gasteiger partial charge in [0.15, 0.2) is 5.78 Å². The van der Waals surface area contributed by atoms with E-state index in [0.29, 0.717) is 5.56 Å². The SMILES string of the molecule is C[C@H](C(=O)c1cccnc1)c1ccccc1. The van der Waals surface area contributed by atoms with E-state index >= 15 is 0 Å². The Labute approximate surface area is 95.0 Å². The number of pyridine rings is 1. The largest absolute Gasteiger partial charge is 0.293 e. The lowest BCUT2D eigenvalue weighted by molar-refractivity contribution is 0.0966. The van der Waals surface area contributed by atoms with Crippen molar-refractivity contribution in [3.63, 3.8) is 0 Å². The van der Waals surface area contributed by atoms with E-state index in [9.17, 15) is 4.79 Å². The van der Waals surface area contributed by atoms with Crippen molar-refractivity contribution in [3.05, 3.63) is 66.0 Å². The van der Waals surface area contributed by atoms with Crippen molar-refractivity contribution >= 4 is 5.78 Å². The van der Waals surface area contributed by atoms with E-state index in [1.807, 2.05) is 37.3 Å². The van der Waals surface area contributed by atoms with Gasteiger partial charge in [-0.25, -0.2) is 0 Å². The summed E-state index contributed by atoms with van der Waals surface area (Å²) in [5.41, 5.74) is 1.70. The molecule has 2 rings (SSSR count). The lowest BCUT2D eigenvalue weighted by Gasteiger charge is -2.10. The molecule has 1 aromatic heterocycles. The topological polar surface area (TPSA) is 30.0 Å². The van der Waals surface area contributed by atoms with Crippen molar-refractivity contribution in [2.75, 3.05) is 0 Å². The molecule has 80 valence electrons. The van der Waals surface area contributed by atoms with Gasteiger partial charge in [0.25, 0.3) is 0 Å². The van der Waals surface area contributed by atoms with Crippen LogP contribution in [0.1, 0.15) is 28.8 Å². The van der Waals surface area contributed by atoms with Gasteiger partial charge in [0, 0.05) is 23.9 Å². The van der Waals surface area contributed by atoms with Gasteiger partial charge >= 0.3 is 0 Å². The summed E-state index contributed by atoms with van der Waals surface area (Å²) < 4.78 is 0. The molecule has 0 fully saturated rings. The van der Waals surface area contributed by atoms with Crippen LogP contribution in [0.25, 0.3) is 0 Å². The molecule has 0 aliphatic rings. The van der Waals surface area contributed by atoms with Crippen molar-refractivity contribution in [3.8, 4) is 0 Å². The van der Waals surface area contributed by atoms with Crippen LogP contribution in [-0.4, -0.2) is 10.8 Å². The molecule has 1 atom stereocenters. The fourth-order valence-electron chi connectivity index (χ4n) is 1.65. The van der Waals surface area contributed by atoms with Crippen molar-refractivity contribution in [2.45, 2.75) is 12.8 Å². The second-order valence-electron chi connectivity index (χ2n) is 3.74. The number of Topliss-reactive ketones (excluding diaryl/α,β-unsaturated/α-hetero) is 1. The van der Waals surface area contributed by atoms with Crippen LogP contribution < -0.4 is 0 Å². The maximum Gasteiger partial charge on any atom is 0.171 e. The first-order valence-corrected chi connectivity index (χ1v) is 5.28. The summed E-state index contributed by atoms with van der Waals surface area (Å²) in [6.07, 6.45) is 3.28. The number of carbonyl (C=O) groups is 1. The second kappa shape index (κ2) is 4.71. The molecule has 2 nitrogen and oxygen atoms in total. The maximum atomic E-state index is 12.1. The van der Waals surface area contributed by atoms with Crippen LogP contribution in [0.4, 0.5) is 0 Å². The van der Waals surface area contributed by atoms with Crippen LogP contribution in [-0.2, 0) is 0 Å². The molecular weight excluding hydrogens is 198 g/mol. The van der Waals surface area contributed by atoms with Gasteiger partial charge < -0.3 is 0 Å². The monoisotopic (exact) mass is 211 g/mol. The predicted octanol–water partition coefficient (Wildman–Crippen LogP) is 3.07. The number of rotatable bonds is 3. The lowest BCUT2D eigenvalue weighted by atomic mass is 9.93. The number of aromatic nitrogens is 1. The minimum atomic E-state index is -0.120. The third-order valence-corrected chi connectivity index (χ3v) is 2.64. The van der Waals surface area contributed by atoms with Crippen LogP contribution in [0.2, 0.25) is 0 Å². The van der Waals surface area contributed by atoms with E-state index in [4.69, 9.17) is 0 Å². The standard InChI is InChI=1S/C14H13NO/c1-11(12-6-3-2-4-7-12)14(16)13-8-5-9-15-10-13/h2-11H,1H3/t11-/m0/s1. The molecule has 0 N–H and O–H groups in total. The van der Waals surface area contributed by atoms with Gasteiger partial charge in [-0.15, -0.1) is 0 Å². The minimum absolute atomic E-state index is 0.110. The lowest BCUT2D eigenvalue weighted by Crippen LogP contribution is -2.09. The Kier molecular flexibility index (Phi) is 3.10. The van der Waals surface area contributed by atoms with Crippen LogP contribution in [0.5, 0.6) is 0 Å². The number of hydrogen-bond acceptors (Lipinski definition) is 2. The zero-order valence-corrected chi connectivity index (χ0v) is 9.13. The highest BCUT2D eigenvalue weighted by Crippen LogP contribution is 2.19. The van der Waals surface area contributed by atoms with E-state index in [1.165, 1.54) is 0 Å². The first-order chi connectivity index (χ1) is 7.79. The van der Waals surface area contributed by atoms with Crippen LogP contribution >= 0.6 is 0 Å². The third kappa shape index (κ3) is 2.16. The zero-order chi connectivity index (χ0) is 11.4. The Bertz CT molecular complexity index is 465. The molecule has 1 heterocycles. The minimum Gasteiger partial charge on any atom is -0.293 e. The first-order valence-electron chi connectivity index (χ1n) is 5.28. The van der Waals surface area contributed by atoms with Crippen LogP contribution in [0.15, 0.2) is 54.9 Å². The average molecular weight is 211 g/mol. The van der Waals surface area contributed by atoms with Gasteiger partial charge in [-0.05, 0) is 17.7 Å². The van der Waals surface area contributed by atoms with E-state index in [0.717, 1.165) is 5.56 Å². The summed E-state index contributed by atoms with van der Waals surface area (Å²) in [4.78, 5) is 16.1. The Morgan fingerprint density at radius 1 is 1.12 bits per heavy atom. The quantitative estimate of drug-likeness (QED) is 0.730. The van der Waals surface area contributed by atoms with Crippen LogP contribution in [0.3, 0.4) is 0 Å². The summed E-state index contributed by atoms with van der Waals surface area (Å²) >= 11 is 0. The van der Waals surface area contributed by atoms with Crippen molar-refractivity contribution in [2.24, 2.45) is 0 Å². The van der Waals surface area contributed by atoms with Gasteiger partial charge in [-0.2, -0.15) is 0 Å². The zero-order valence-electron chi connectivity index (χ0n) is 9.13. The molecule has 0 radical (unpaired) electrons.